The van der Waals surface area contributed by atoms with Crippen molar-refractivity contribution in [3.8, 4) is 0 Å². The highest BCUT2D eigenvalue weighted by Crippen LogP contribution is 2.04. The number of carboxylic acids is 1. The molecule has 0 aliphatic carbocycles. The Labute approximate surface area is 97.9 Å². The van der Waals surface area contributed by atoms with Crippen molar-refractivity contribution >= 4 is 17.9 Å². The molecule has 0 aromatic rings. The average Bonchev–Trinajstić information content (AvgIpc) is 2.28. The Morgan fingerprint density at radius 1 is 1.47 bits per heavy atom. The van der Waals surface area contributed by atoms with E-state index < -0.39 is 24.0 Å². The maximum Gasteiger partial charge on any atom is 0.334 e. The first-order valence-electron chi connectivity index (χ1n) is 5.11. The van der Waals surface area contributed by atoms with E-state index in [0.29, 0.717) is 6.54 Å². The second-order valence-corrected chi connectivity index (χ2v) is 3.56. The molecule has 1 heterocycles. The van der Waals surface area contributed by atoms with Gasteiger partial charge < -0.3 is 15.2 Å². The summed E-state index contributed by atoms with van der Waals surface area (Å²) in [6, 6.07) is -0.585. The largest absolute Gasteiger partial charge is 0.479 e. The number of ether oxygens (including phenoxy) is 1. The Morgan fingerprint density at radius 2 is 2.18 bits per heavy atom. The van der Waals surface area contributed by atoms with Crippen LogP contribution in [-0.2, 0) is 14.3 Å². The molecule has 0 bridgehead atoms. The first-order valence-corrected chi connectivity index (χ1v) is 5.11. The predicted molar refractivity (Wildman–Crippen MR) is 56.4 cm³/mol. The maximum absolute atomic E-state index is 11.4. The van der Waals surface area contributed by atoms with Gasteiger partial charge >= 0.3 is 12.0 Å². The van der Waals surface area contributed by atoms with Crippen molar-refractivity contribution in [1.82, 2.24) is 15.5 Å². The molecule has 17 heavy (non-hydrogen) atoms. The predicted octanol–water partition coefficient (Wildman–Crippen LogP) is -1.77. The van der Waals surface area contributed by atoms with Crippen molar-refractivity contribution in [2.45, 2.75) is 6.10 Å². The van der Waals surface area contributed by atoms with Crippen LogP contribution in [0.1, 0.15) is 0 Å². The summed E-state index contributed by atoms with van der Waals surface area (Å²) in [6.45, 7) is 0.826. The van der Waals surface area contributed by atoms with E-state index in [4.69, 9.17) is 9.84 Å². The molecule has 3 amide bonds. The van der Waals surface area contributed by atoms with Gasteiger partial charge in [0.15, 0.2) is 6.10 Å². The van der Waals surface area contributed by atoms with Crippen LogP contribution in [0.3, 0.4) is 0 Å². The molecule has 3 N–H and O–H groups in total. The van der Waals surface area contributed by atoms with Gasteiger partial charge in [-0.1, -0.05) is 0 Å². The van der Waals surface area contributed by atoms with Gasteiger partial charge in [0.1, 0.15) is 0 Å². The Kier molecular flexibility index (Phi) is 4.85. The maximum atomic E-state index is 11.4. The number of carboxylic acid groups (broad SMARTS) is 1. The zero-order valence-corrected chi connectivity index (χ0v) is 9.43. The fourth-order valence-corrected chi connectivity index (χ4v) is 1.43. The van der Waals surface area contributed by atoms with Crippen molar-refractivity contribution in [3.05, 3.63) is 0 Å². The summed E-state index contributed by atoms with van der Waals surface area (Å²) in [7, 11) is 1.40. The van der Waals surface area contributed by atoms with Gasteiger partial charge in [0.2, 0.25) is 5.91 Å². The standard InChI is InChI=1S/C9H15N3O5/c1-10-9(16)11-7(13)5-12-2-3-17-6(4-12)8(14)15/h6H,2-5H2,1H3,(H,14,15)(H2,10,11,13,16). The van der Waals surface area contributed by atoms with Crippen LogP contribution in [0.2, 0.25) is 0 Å². The van der Waals surface area contributed by atoms with Crippen LogP contribution < -0.4 is 10.6 Å². The molecule has 1 atom stereocenters. The molecule has 1 rings (SSSR count). The fourth-order valence-electron chi connectivity index (χ4n) is 1.43. The van der Waals surface area contributed by atoms with Gasteiger partial charge in [-0.3, -0.25) is 15.0 Å². The molecule has 1 fully saturated rings. The van der Waals surface area contributed by atoms with Gasteiger partial charge in [-0.05, 0) is 0 Å². The second kappa shape index (κ2) is 6.16. The average molecular weight is 245 g/mol. The van der Waals surface area contributed by atoms with E-state index in [-0.39, 0.29) is 19.7 Å². The van der Waals surface area contributed by atoms with Crippen LogP contribution in [0.15, 0.2) is 0 Å². The highest BCUT2D eigenvalue weighted by atomic mass is 16.5. The van der Waals surface area contributed by atoms with E-state index >= 15 is 0 Å². The van der Waals surface area contributed by atoms with E-state index in [9.17, 15) is 14.4 Å². The summed E-state index contributed by atoms with van der Waals surface area (Å²) in [5, 5.41) is 13.1. The van der Waals surface area contributed by atoms with E-state index in [1.807, 2.05) is 0 Å². The van der Waals surface area contributed by atoms with Crippen molar-refractivity contribution in [3.63, 3.8) is 0 Å². The summed E-state index contributed by atoms with van der Waals surface area (Å²) in [6.07, 6.45) is -0.920. The van der Waals surface area contributed by atoms with E-state index in [0.717, 1.165) is 0 Å². The van der Waals surface area contributed by atoms with E-state index in [1.165, 1.54) is 7.05 Å². The summed E-state index contributed by atoms with van der Waals surface area (Å²) in [5.41, 5.74) is 0. The zero-order chi connectivity index (χ0) is 12.8. The van der Waals surface area contributed by atoms with Gasteiger partial charge in [0.05, 0.1) is 13.2 Å². The third kappa shape index (κ3) is 4.37. The van der Waals surface area contributed by atoms with Crippen LogP contribution in [0.5, 0.6) is 0 Å². The smallest absolute Gasteiger partial charge is 0.334 e. The van der Waals surface area contributed by atoms with Gasteiger partial charge in [-0.15, -0.1) is 0 Å². The number of hydrogen-bond acceptors (Lipinski definition) is 5. The number of carbonyl (C=O) groups excluding carboxylic acids is 2. The molecule has 96 valence electrons. The van der Waals surface area contributed by atoms with Gasteiger partial charge in [0, 0.05) is 20.1 Å². The van der Waals surface area contributed by atoms with Crippen LogP contribution in [0.25, 0.3) is 0 Å². The molecule has 0 spiro atoms. The van der Waals surface area contributed by atoms with Crippen LogP contribution in [0.4, 0.5) is 4.79 Å². The van der Waals surface area contributed by atoms with Crippen LogP contribution in [0, 0.1) is 0 Å². The Bertz CT molecular complexity index is 320. The SMILES string of the molecule is CNC(=O)NC(=O)CN1CCOC(C(=O)O)C1. The minimum absolute atomic E-state index is 0.0272. The molecule has 0 aromatic heterocycles. The Balaban J connectivity index is 2.38. The van der Waals surface area contributed by atoms with Crippen LogP contribution >= 0.6 is 0 Å². The van der Waals surface area contributed by atoms with Crippen molar-refractivity contribution in [2.24, 2.45) is 0 Å². The summed E-state index contributed by atoms with van der Waals surface area (Å²) in [4.78, 5) is 34.5. The summed E-state index contributed by atoms with van der Waals surface area (Å²) >= 11 is 0. The lowest BCUT2D eigenvalue weighted by Gasteiger charge is -2.29. The quantitative estimate of drug-likeness (QED) is 0.543. The highest BCUT2D eigenvalue weighted by Gasteiger charge is 2.27. The number of urea groups is 1. The molecular weight excluding hydrogens is 230 g/mol. The van der Waals surface area contributed by atoms with Gasteiger partial charge in [0.25, 0.3) is 0 Å². The Hall–Kier alpha value is -1.67. The van der Waals surface area contributed by atoms with Gasteiger partial charge in [-0.25, -0.2) is 9.59 Å². The molecule has 0 saturated carbocycles. The number of carbonyl (C=O) groups is 3. The number of nitrogens with zero attached hydrogens (tertiary/aromatic N) is 1. The third-order valence-electron chi connectivity index (χ3n) is 2.27. The Morgan fingerprint density at radius 3 is 2.76 bits per heavy atom. The molecule has 1 aliphatic heterocycles. The lowest BCUT2D eigenvalue weighted by molar-refractivity contribution is -0.156. The second-order valence-electron chi connectivity index (χ2n) is 3.56. The number of amides is 3. The summed E-state index contributed by atoms with van der Waals surface area (Å²) in [5.74, 6) is -1.53. The lowest BCUT2D eigenvalue weighted by atomic mass is 10.2. The molecule has 1 aliphatic rings. The number of rotatable bonds is 3. The van der Waals surface area contributed by atoms with Crippen molar-refractivity contribution in [2.75, 3.05) is 33.3 Å². The molecule has 0 radical (unpaired) electrons. The molecule has 8 heteroatoms. The van der Waals surface area contributed by atoms with Crippen molar-refractivity contribution < 1.29 is 24.2 Å². The molecule has 1 unspecified atom stereocenters. The van der Waals surface area contributed by atoms with E-state index in [1.54, 1.807) is 4.90 Å². The topological polar surface area (TPSA) is 108 Å². The monoisotopic (exact) mass is 245 g/mol. The number of imide groups is 1. The molecule has 8 nitrogen and oxygen atoms in total. The first kappa shape index (κ1) is 13.4. The first-order chi connectivity index (χ1) is 8.02. The molecular formula is C9H15N3O5. The fraction of sp³-hybridized carbons (Fsp3) is 0.667. The number of morpholine rings is 1. The minimum Gasteiger partial charge on any atom is -0.479 e. The number of hydrogen-bond donors (Lipinski definition) is 3. The van der Waals surface area contributed by atoms with Crippen molar-refractivity contribution in [1.29, 1.82) is 0 Å². The summed E-state index contributed by atoms with van der Waals surface area (Å²) < 4.78 is 5.00. The van der Waals surface area contributed by atoms with Crippen LogP contribution in [-0.4, -0.2) is 67.3 Å². The zero-order valence-electron chi connectivity index (χ0n) is 9.43. The van der Waals surface area contributed by atoms with Gasteiger partial charge in [-0.2, -0.15) is 0 Å². The number of nitrogens with one attached hydrogen (secondary N) is 2. The normalized spacial score (nSPS) is 20.6. The third-order valence-corrected chi connectivity index (χ3v) is 2.27. The minimum atomic E-state index is -1.05. The molecule has 1 saturated heterocycles. The molecule has 0 aromatic carbocycles. The highest BCUT2D eigenvalue weighted by molar-refractivity contribution is 5.95. The lowest BCUT2D eigenvalue weighted by Crippen LogP contribution is -2.50. The number of aliphatic carboxylic acids is 1. The van der Waals surface area contributed by atoms with E-state index in [2.05, 4.69) is 10.6 Å².